The topological polar surface area (TPSA) is 93.9 Å². The van der Waals surface area contributed by atoms with E-state index in [0.717, 1.165) is 32.1 Å². The average Bonchev–Trinajstić information content (AvgIpc) is 2.80. The van der Waals surface area contributed by atoms with Crippen LogP contribution in [0, 0.1) is 22.7 Å². The number of rotatable bonds is 7. The lowest BCUT2D eigenvalue weighted by Gasteiger charge is -2.55. The maximum atomic E-state index is 11.6. The molecule has 0 spiro atoms. The van der Waals surface area contributed by atoms with Crippen LogP contribution in [0.1, 0.15) is 52.9 Å². The fraction of sp³-hybridized carbons (Fsp3) is 0.842. The summed E-state index contributed by atoms with van der Waals surface area (Å²) in [5.41, 5.74) is 9.92. The lowest BCUT2D eigenvalue weighted by atomic mass is 9.52. The van der Waals surface area contributed by atoms with Gasteiger partial charge < -0.3 is 21.4 Å². The number of oxime groups is 1. The highest BCUT2D eigenvalue weighted by atomic mass is 16.6. The summed E-state index contributed by atoms with van der Waals surface area (Å²) in [5.74, 6) is 0.816. The number of nitrogens with zero attached hydrogens (tertiary/aromatic N) is 1. The normalized spacial score (nSPS) is 42.8. The van der Waals surface area contributed by atoms with Gasteiger partial charge in [0.15, 0.2) is 0 Å². The van der Waals surface area contributed by atoms with Crippen LogP contribution in [0.5, 0.6) is 0 Å². The summed E-state index contributed by atoms with van der Waals surface area (Å²) in [7, 11) is 0. The number of allylic oxidation sites excluding steroid dienone is 1. The fourth-order valence-electron chi connectivity index (χ4n) is 4.91. The van der Waals surface area contributed by atoms with Gasteiger partial charge >= 0.3 is 0 Å². The van der Waals surface area contributed by atoms with Gasteiger partial charge in [-0.15, -0.1) is 0 Å². The van der Waals surface area contributed by atoms with E-state index >= 15 is 0 Å². The Balaban J connectivity index is 2.37. The van der Waals surface area contributed by atoms with Crippen LogP contribution in [0.15, 0.2) is 17.3 Å². The summed E-state index contributed by atoms with van der Waals surface area (Å²) in [6.45, 7) is 8.16. The highest BCUT2D eigenvalue weighted by molar-refractivity contribution is 5.71. The molecule has 138 valence electrons. The van der Waals surface area contributed by atoms with Crippen molar-refractivity contribution in [3.05, 3.63) is 12.2 Å². The quantitative estimate of drug-likeness (QED) is 0.288. The molecule has 2 saturated carbocycles. The van der Waals surface area contributed by atoms with Crippen LogP contribution in [0.25, 0.3) is 0 Å². The van der Waals surface area contributed by atoms with Crippen molar-refractivity contribution in [1.29, 1.82) is 0 Å². The Bertz CT molecular complexity index is 481. The fourth-order valence-corrected chi connectivity index (χ4v) is 4.91. The molecule has 1 unspecified atom stereocenters. The molecule has 0 aliphatic heterocycles. The first-order valence-electron chi connectivity index (χ1n) is 9.33. The van der Waals surface area contributed by atoms with E-state index in [0.29, 0.717) is 25.6 Å². The van der Waals surface area contributed by atoms with E-state index in [9.17, 15) is 5.11 Å². The van der Waals surface area contributed by atoms with Gasteiger partial charge in [0.2, 0.25) is 0 Å². The minimum atomic E-state index is -0.669. The molecule has 0 heterocycles. The van der Waals surface area contributed by atoms with E-state index in [4.69, 9.17) is 16.3 Å². The molecule has 2 aliphatic rings. The van der Waals surface area contributed by atoms with Crippen LogP contribution in [0.3, 0.4) is 0 Å². The highest BCUT2D eigenvalue weighted by Gasteiger charge is 2.66. The Morgan fingerprint density at radius 3 is 2.62 bits per heavy atom. The summed E-state index contributed by atoms with van der Waals surface area (Å²) >= 11 is 0. The molecule has 2 aliphatic carbocycles. The van der Waals surface area contributed by atoms with Crippen molar-refractivity contribution in [3.63, 3.8) is 0 Å². The van der Waals surface area contributed by atoms with E-state index < -0.39 is 5.60 Å². The monoisotopic (exact) mass is 337 g/mol. The van der Waals surface area contributed by atoms with E-state index in [1.54, 1.807) is 0 Å². The summed E-state index contributed by atoms with van der Waals surface area (Å²) in [6.07, 6.45) is 10.9. The summed E-state index contributed by atoms with van der Waals surface area (Å²) in [5, 5.41) is 15.8. The molecule has 2 rings (SSSR count). The lowest BCUT2D eigenvalue weighted by molar-refractivity contribution is -0.152. The number of fused-ring (bicyclic) bond motifs is 1. The van der Waals surface area contributed by atoms with Crippen LogP contribution < -0.4 is 11.5 Å². The molecule has 2 fully saturated rings. The van der Waals surface area contributed by atoms with Crippen LogP contribution in [0.4, 0.5) is 0 Å². The zero-order valence-corrected chi connectivity index (χ0v) is 15.5. The molecule has 24 heavy (non-hydrogen) atoms. The third-order valence-corrected chi connectivity index (χ3v) is 6.92. The standard InChI is InChI=1S/C19H35N3O2/c1-15-6-8-17(3)18(7-4-5-11-20,14-22-24-13-12-21)9-10-19(17,23)16(15)2/h4,7,14-16,23H,5-6,8-13,20-21H2,1-3H3/t15-,16?,17+,18-,19-/m0/s1. The molecule has 0 aromatic carbocycles. The zero-order chi connectivity index (χ0) is 17.8. The molecule has 5 nitrogen and oxygen atoms in total. The average molecular weight is 338 g/mol. The van der Waals surface area contributed by atoms with Gasteiger partial charge in [0.25, 0.3) is 0 Å². The Hall–Kier alpha value is -0.910. The maximum Gasteiger partial charge on any atom is 0.129 e. The van der Waals surface area contributed by atoms with Gasteiger partial charge in [-0.1, -0.05) is 38.1 Å². The third-order valence-electron chi connectivity index (χ3n) is 6.92. The molecule has 0 amide bonds. The third kappa shape index (κ3) is 3.02. The predicted octanol–water partition coefficient (Wildman–Crippen LogP) is 2.44. The van der Waals surface area contributed by atoms with Crippen LogP contribution >= 0.6 is 0 Å². The van der Waals surface area contributed by atoms with E-state index in [1.807, 2.05) is 6.21 Å². The van der Waals surface area contributed by atoms with Crippen molar-refractivity contribution < 1.29 is 9.94 Å². The van der Waals surface area contributed by atoms with Gasteiger partial charge in [0, 0.05) is 17.4 Å². The van der Waals surface area contributed by atoms with Crippen LogP contribution in [-0.2, 0) is 4.84 Å². The van der Waals surface area contributed by atoms with Crippen molar-refractivity contribution in [3.8, 4) is 0 Å². The molecule has 5 atom stereocenters. The second-order valence-corrected chi connectivity index (χ2v) is 7.94. The van der Waals surface area contributed by atoms with E-state index in [2.05, 4.69) is 38.1 Å². The van der Waals surface area contributed by atoms with E-state index in [-0.39, 0.29) is 16.7 Å². The van der Waals surface area contributed by atoms with Gasteiger partial charge in [-0.25, -0.2) is 0 Å². The van der Waals surface area contributed by atoms with Crippen molar-refractivity contribution in [1.82, 2.24) is 0 Å². The zero-order valence-electron chi connectivity index (χ0n) is 15.5. The Morgan fingerprint density at radius 2 is 1.96 bits per heavy atom. The molecule has 0 aromatic rings. The van der Waals surface area contributed by atoms with Crippen molar-refractivity contribution >= 4 is 6.21 Å². The first kappa shape index (κ1) is 19.4. The van der Waals surface area contributed by atoms with Gasteiger partial charge in [-0.3, -0.25) is 0 Å². The highest BCUT2D eigenvalue weighted by Crippen LogP contribution is 2.66. The second kappa shape index (κ2) is 7.54. The smallest absolute Gasteiger partial charge is 0.129 e. The second-order valence-electron chi connectivity index (χ2n) is 7.94. The van der Waals surface area contributed by atoms with Crippen molar-refractivity contribution in [2.75, 3.05) is 19.7 Å². The number of nitrogens with two attached hydrogens (primary N) is 2. The molecule has 5 heteroatoms. The predicted molar refractivity (Wildman–Crippen MR) is 98.6 cm³/mol. The molecule has 5 N–H and O–H groups in total. The minimum absolute atomic E-state index is 0.243. The number of hydrogen-bond donors (Lipinski definition) is 3. The van der Waals surface area contributed by atoms with Gasteiger partial charge in [0.05, 0.1) is 11.8 Å². The maximum absolute atomic E-state index is 11.6. The molecular formula is C19H35N3O2. The van der Waals surface area contributed by atoms with E-state index in [1.165, 1.54) is 0 Å². The van der Waals surface area contributed by atoms with Gasteiger partial charge in [0.1, 0.15) is 6.61 Å². The number of hydrogen-bond acceptors (Lipinski definition) is 5. The van der Waals surface area contributed by atoms with Crippen molar-refractivity contribution in [2.24, 2.45) is 39.3 Å². The minimum Gasteiger partial charge on any atom is -0.395 e. The van der Waals surface area contributed by atoms with Crippen molar-refractivity contribution in [2.45, 2.75) is 58.5 Å². The van der Waals surface area contributed by atoms with Crippen LogP contribution in [0.2, 0.25) is 0 Å². The molecule has 0 radical (unpaired) electrons. The Labute approximate surface area is 146 Å². The Kier molecular flexibility index (Phi) is 6.10. The molecule has 0 saturated heterocycles. The SMILES string of the molecule is CC1[C@@H](C)CC[C@]2(C)[C@](C=CCCN)(C=NOCCN)CC[C@]12O. The summed E-state index contributed by atoms with van der Waals surface area (Å²) in [6, 6.07) is 0. The molecular weight excluding hydrogens is 302 g/mol. The largest absolute Gasteiger partial charge is 0.395 e. The van der Waals surface area contributed by atoms with Crippen LogP contribution in [-0.4, -0.2) is 36.6 Å². The first-order chi connectivity index (χ1) is 11.4. The van der Waals surface area contributed by atoms with Gasteiger partial charge in [-0.05, 0) is 50.5 Å². The molecule has 0 aromatic heterocycles. The summed E-state index contributed by atoms with van der Waals surface area (Å²) < 4.78 is 0. The first-order valence-corrected chi connectivity index (χ1v) is 9.33. The van der Waals surface area contributed by atoms with Gasteiger partial charge in [-0.2, -0.15) is 0 Å². The lowest BCUT2D eigenvalue weighted by Crippen LogP contribution is -2.58. The molecule has 0 bridgehead atoms. The Morgan fingerprint density at radius 1 is 1.21 bits per heavy atom. The summed E-state index contributed by atoms with van der Waals surface area (Å²) in [4.78, 5) is 5.29. The number of aliphatic hydroxyl groups is 1.